The minimum Gasteiger partial charge on any atom is -0.443 e. The molecule has 26 heavy (non-hydrogen) atoms. The van der Waals surface area contributed by atoms with Crippen LogP contribution in [0.1, 0.15) is 17.5 Å². The van der Waals surface area contributed by atoms with Crippen LogP contribution in [0.5, 0.6) is 0 Å². The van der Waals surface area contributed by atoms with E-state index in [1.807, 2.05) is 31.2 Å². The van der Waals surface area contributed by atoms with Crippen molar-refractivity contribution in [1.29, 1.82) is 0 Å². The number of likely N-dealkylation sites (tertiary alicyclic amines) is 1. The molecule has 1 unspecified atom stereocenters. The van der Waals surface area contributed by atoms with Gasteiger partial charge in [-0.15, -0.1) is 0 Å². The molecule has 0 spiro atoms. The Bertz CT molecular complexity index is 962. The molecule has 1 saturated heterocycles. The van der Waals surface area contributed by atoms with Crippen molar-refractivity contribution in [2.75, 3.05) is 11.9 Å². The van der Waals surface area contributed by atoms with Crippen LogP contribution in [0.3, 0.4) is 0 Å². The van der Waals surface area contributed by atoms with Crippen molar-refractivity contribution < 1.29 is 14.0 Å². The molecule has 6 heteroatoms. The highest BCUT2D eigenvalue weighted by molar-refractivity contribution is 6.02. The zero-order valence-electron chi connectivity index (χ0n) is 14.4. The van der Waals surface area contributed by atoms with Gasteiger partial charge in [-0.3, -0.25) is 9.59 Å². The molecule has 2 amide bonds. The second-order valence-corrected chi connectivity index (χ2v) is 6.65. The summed E-state index contributed by atoms with van der Waals surface area (Å²) in [7, 11) is 0. The number of fused-ring (bicyclic) bond motifs is 1. The molecule has 4 rings (SSSR count). The van der Waals surface area contributed by atoms with E-state index in [2.05, 4.69) is 10.3 Å². The van der Waals surface area contributed by atoms with E-state index in [1.165, 1.54) is 12.0 Å². The highest BCUT2D eigenvalue weighted by Crippen LogP contribution is 2.25. The number of benzene rings is 2. The first-order valence-corrected chi connectivity index (χ1v) is 8.56. The number of carbonyl (C=O) groups is 2. The van der Waals surface area contributed by atoms with Crippen LogP contribution in [0.4, 0.5) is 5.69 Å². The SMILES string of the molecule is Cc1ccc(CN2CC(C(=O)Nc3cccc4ocnc34)CC2=O)cc1. The Morgan fingerprint density at radius 1 is 1.27 bits per heavy atom. The van der Waals surface area contributed by atoms with Crippen LogP contribution in [0.25, 0.3) is 11.1 Å². The molecule has 1 aliphatic rings. The number of aryl methyl sites for hydroxylation is 1. The molecule has 1 fully saturated rings. The lowest BCUT2D eigenvalue weighted by Gasteiger charge is -2.17. The molecule has 1 atom stereocenters. The zero-order chi connectivity index (χ0) is 18.1. The topological polar surface area (TPSA) is 75.4 Å². The second kappa shape index (κ2) is 6.63. The zero-order valence-corrected chi connectivity index (χ0v) is 14.4. The largest absolute Gasteiger partial charge is 0.443 e. The summed E-state index contributed by atoms with van der Waals surface area (Å²) in [4.78, 5) is 30.8. The fourth-order valence-corrected chi connectivity index (χ4v) is 3.24. The maximum absolute atomic E-state index is 12.6. The quantitative estimate of drug-likeness (QED) is 0.785. The second-order valence-electron chi connectivity index (χ2n) is 6.65. The fourth-order valence-electron chi connectivity index (χ4n) is 3.24. The molecule has 1 N–H and O–H groups in total. The number of anilines is 1. The van der Waals surface area contributed by atoms with Gasteiger partial charge in [0.05, 0.1) is 11.6 Å². The Labute approximate surface area is 150 Å². The van der Waals surface area contributed by atoms with Gasteiger partial charge < -0.3 is 14.6 Å². The van der Waals surface area contributed by atoms with Gasteiger partial charge in [0.25, 0.3) is 0 Å². The van der Waals surface area contributed by atoms with E-state index >= 15 is 0 Å². The van der Waals surface area contributed by atoms with Crippen molar-refractivity contribution in [2.24, 2.45) is 5.92 Å². The molecule has 0 saturated carbocycles. The number of nitrogens with one attached hydrogen (secondary N) is 1. The summed E-state index contributed by atoms with van der Waals surface area (Å²) in [6.45, 7) is 2.98. The molecule has 0 aliphatic carbocycles. The third kappa shape index (κ3) is 3.18. The van der Waals surface area contributed by atoms with E-state index in [0.29, 0.717) is 29.9 Å². The van der Waals surface area contributed by atoms with E-state index in [9.17, 15) is 9.59 Å². The standard InChI is InChI=1S/C20H19N3O3/c1-13-5-7-14(8-6-13)10-23-11-15(9-18(23)24)20(25)22-16-3-2-4-17-19(16)21-12-26-17/h2-8,12,15H,9-11H2,1H3,(H,22,25). The molecule has 6 nitrogen and oxygen atoms in total. The van der Waals surface area contributed by atoms with Crippen molar-refractivity contribution in [2.45, 2.75) is 19.9 Å². The van der Waals surface area contributed by atoms with Crippen LogP contribution in [-0.4, -0.2) is 28.2 Å². The number of nitrogens with zero attached hydrogens (tertiary/aromatic N) is 2. The number of hydrogen-bond donors (Lipinski definition) is 1. The molecular weight excluding hydrogens is 330 g/mol. The van der Waals surface area contributed by atoms with Gasteiger partial charge in [-0.05, 0) is 24.6 Å². The van der Waals surface area contributed by atoms with Crippen molar-refractivity contribution >= 4 is 28.6 Å². The van der Waals surface area contributed by atoms with Gasteiger partial charge in [0, 0.05) is 19.5 Å². The maximum atomic E-state index is 12.6. The number of oxazole rings is 1. The lowest BCUT2D eigenvalue weighted by Crippen LogP contribution is -2.28. The highest BCUT2D eigenvalue weighted by atomic mass is 16.3. The number of carbonyl (C=O) groups excluding carboxylic acids is 2. The van der Waals surface area contributed by atoms with Crippen molar-refractivity contribution in [3.63, 3.8) is 0 Å². The highest BCUT2D eigenvalue weighted by Gasteiger charge is 2.34. The van der Waals surface area contributed by atoms with Gasteiger partial charge in [-0.25, -0.2) is 4.98 Å². The van der Waals surface area contributed by atoms with Crippen LogP contribution in [0, 0.1) is 12.8 Å². The van der Waals surface area contributed by atoms with E-state index in [-0.39, 0.29) is 24.2 Å². The van der Waals surface area contributed by atoms with Crippen LogP contribution >= 0.6 is 0 Å². The predicted molar refractivity (Wildman–Crippen MR) is 97.3 cm³/mol. The smallest absolute Gasteiger partial charge is 0.229 e. The molecule has 132 valence electrons. The number of amides is 2. The summed E-state index contributed by atoms with van der Waals surface area (Å²) in [5.41, 5.74) is 4.08. The van der Waals surface area contributed by atoms with Gasteiger partial charge in [0.1, 0.15) is 5.52 Å². The van der Waals surface area contributed by atoms with Crippen molar-refractivity contribution in [3.05, 3.63) is 60.0 Å². The third-order valence-corrected chi connectivity index (χ3v) is 4.70. The normalized spacial score (nSPS) is 17.0. The van der Waals surface area contributed by atoms with Crippen LogP contribution in [0.2, 0.25) is 0 Å². The Balaban J connectivity index is 1.43. The van der Waals surface area contributed by atoms with Gasteiger partial charge in [-0.1, -0.05) is 35.9 Å². The van der Waals surface area contributed by atoms with Crippen LogP contribution in [-0.2, 0) is 16.1 Å². The van der Waals surface area contributed by atoms with Crippen molar-refractivity contribution in [1.82, 2.24) is 9.88 Å². The van der Waals surface area contributed by atoms with Crippen LogP contribution in [0.15, 0.2) is 53.3 Å². The summed E-state index contributed by atoms with van der Waals surface area (Å²) in [5, 5.41) is 2.89. The summed E-state index contributed by atoms with van der Waals surface area (Å²) in [6, 6.07) is 13.5. The fraction of sp³-hybridized carbons (Fsp3) is 0.250. The van der Waals surface area contributed by atoms with E-state index in [4.69, 9.17) is 4.42 Å². The molecule has 1 aromatic heterocycles. The summed E-state index contributed by atoms with van der Waals surface area (Å²) >= 11 is 0. The number of aromatic nitrogens is 1. The minimum absolute atomic E-state index is 0.00497. The average Bonchev–Trinajstić information content (AvgIpc) is 3.25. The molecule has 0 radical (unpaired) electrons. The summed E-state index contributed by atoms with van der Waals surface area (Å²) < 4.78 is 5.25. The Kier molecular flexibility index (Phi) is 4.16. The maximum Gasteiger partial charge on any atom is 0.229 e. The Morgan fingerprint density at radius 3 is 2.88 bits per heavy atom. The average molecular weight is 349 g/mol. The summed E-state index contributed by atoms with van der Waals surface area (Å²) in [6.07, 6.45) is 1.58. The third-order valence-electron chi connectivity index (χ3n) is 4.70. The predicted octanol–water partition coefficient (Wildman–Crippen LogP) is 3.12. The van der Waals surface area contributed by atoms with Gasteiger partial charge in [0.15, 0.2) is 12.0 Å². The van der Waals surface area contributed by atoms with Crippen molar-refractivity contribution in [3.8, 4) is 0 Å². The van der Waals surface area contributed by atoms with Gasteiger partial charge >= 0.3 is 0 Å². The molecular formula is C20H19N3O3. The molecule has 1 aliphatic heterocycles. The first-order valence-electron chi connectivity index (χ1n) is 8.56. The summed E-state index contributed by atoms with van der Waals surface area (Å²) in [5.74, 6) is -0.527. The molecule has 0 bridgehead atoms. The van der Waals surface area contributed by atoms with Gasteiger partial charge in [0.2, 0.25) is 11.8 Å². The monoisotopic (exact) mass is 349 g/mol. The number of para-hydroxylation sites is 1. The minimum atomic E-state index is -0.366. The molecule has 2 heterocycles. The molecule has 2 aromatic carbocycles. The first-order chi connectivity index (χ1) is 12.6. The van der Waals surface area contributed by atoms with E-state index < -0.39 is 0 Å². The van der Waals surface area contributed by atoms with E-state index in [0.717, 1.165) is 5.56 Å². The first kappa shape index (κ1) is 16.3. The van der Waals surface area contributed by atoms with Crippen LogP contribution < -0.4 is 5.32 Å². The lowest BCUT2D eigenvalue weighted by atomic mass is 10.1. The van der Waals surface area contributed by atoms with E-state index in [1.54, 1.807) is 23.1 Å². The number of rotatable bonds is 4. The Hall–Kier alpha value is -3.15. The van der Waals surface area contributed by atoms with Gasteiger partial charge in [-0.2, -0.15) is 0 Å². The lowest BCUT2D eigenvalue weighted by molar-refractivity contribution is -0.128. The Morgan fingerprint density at radius 2 is 2.08 bits per heavy atom. The molecule has 3 aromatic rings. The number of hydrogen-bond acceptors (Lipinski definition) is 4.